The van der Waals surface area contributed by atoms with Crippen LogP contribution in [-0.2, 0) is 24.3 Å². The lowest BCUT2D eigenvalue weighted by atomic mass is 9.97. The molecule has 0 heterocycles. The van der Waals surface area contributed by atoms with Gasteiger partial charge in [0, 0.05) is 6.42 Å². The third kappa shape index (κ3) is 7.47. The van der Waals surface area contributed by atoms with Crippen LogP contribution >= 0.6 is 0 Å². The monoisotopic (exact) mass is 307 g/mol. The first-order valence-corrected chi connectivity index (χ1v) is 8.36. The van der Waals surface area contributed by atoms with E-state index in [-0.39, 0.29) is 13.0 Å². The number of nitrogens with one attached hydrogen (secondary N) is 1. The first kappa shape index (κ1) is 18.9. The number of ether oxygens (including phenoxy) is 1. The number of carbonyl (C=O) groups is 2. The maximum atomic E-state index is 11.9. The molecular weight excluding hydrogens is 282 g/mol. The van der Waals surface area contributed by atoms with E-state index in [1.54, 1.807) is 6.92 Å². The number of amides is 1. The van der Waals surface area contributed by atoms with Crippen molar-refractivity contribution in [2.75, 3.05) is 12.4 Å². The molecular formula is C13H25NO5S. The van der Waals surface area contributed by atoms with Gasteiger partial charge in [0.05, 0.1) is 17.8 Å². The predicted octanol–water partition coefficient (Wildman–Crippen LogP) is 1.46. The number of esters is 1. The van der Waals surface area contributed by atoms with E-state index < -0.39 is 33.1 Å². The summed E-state index contributed by atoms with van der Waals surface area (Å²) >= 11 is 0. The lowest BCUT2D eigenvalue weighted by Gasteiger charge is -2.22. The second-order valence-corrected chi connectivity index (χ2v) is 7.54. The van der Waals surface area contributed by atoms with E-state index in [2.05, 4.69) is 0 Å². The summed E-state index contributed by atoms with van der Waals surface area (Å²) < 4.78 is 30.6. The molecule has 7 heteroatoms. The Morgan fingerprint density at radius 2 is 1.80 bits per heavy atom. The molecule has 0 saturated carbocycles. The Labute approximate surface area is 121 Å². The molecule has 20 heavy (non-hydrogen) atoms. The topological polar surface area (TPSA) is 89.5 Å². The molecule has 0 radical (unpaired) electrons. The lowest BCUT2D eigenvalue weighted by Crippen LogP contribution is -2.41. The van der Waals surface area contributed by atoms with Crippen LogP contribution in [0.5, 0.6) is 0 Å². The molecule has 0 atom stereocenters. The van der Waals surface area contributed by atoms with Gasteiger partial charge in [0.15, 0.2) is 0 Å². The molecule has 0 fully saturated rings. The number of hydrogen-bond donors (Lipinski definition) is 1. The predicted molar refractivity (Wildman–Crippen MR) is 76.4 cm³/mol. The Balaban J connectivity index is 4.59. The lowest BCUT2D eigenvalue weighted by molar-refractivity contribution is -0.152. The van der Waals surface area contributed by atoms with E-state index in [0.29, 0.717) is 12.3 Å². The summed E-state index contributed by atoms with van der Waals surface area (Å²) in [4.78, 5) is 23.2. The molecule has 0 aromatic heterocycles. The van der Waals surface area contributed by atoms with E-state index in [0.717, 1.165) is 0 Å². The van der Waals surface area contributed by atoms with Gasteiger partial charge in [-0.3, -0.25) is 14.3 Å². The van der Waals surface area contributed by atoms with Gasteiger partial charge >= 0.3 is 5.97 Å². The molecule has 1 N–H and O–H groups in total. The van der Waals surface area contributed by atoms with Gasteiger partial charge in [0.25, 0.3) is 0 Å². The maximum absolute atomic E-state index is 11.9. The summed E-state index contributed by atoms with van der Waals surface area (Å²) in [5.74, 6) is -1.30. The second-order valence-electron chi connectivity index (χ2n) is 5.82. The van der Waals surface area contributed by atoms with Crippen molar-refractivity contribution in [3.05, 3.63) is 0 Å². The fourth-order valence-electron chi connectivity index (χ4n) is 1.54. The third-order valence-electron chi connectivity index (χ3n) is 2.60. The maximum Gasteiger partial charge on any atom is 0.312 e. The smallest absolute Gasteiger partial charge is 0.312 e. The Morgan fingerprint density at radius 1 is 1.25 bits per heavy atom. The fourth-order valence-corrected chi connectivity index (χ4v) is 3.13. The standard InChI is InChI=1S/C13H25NO5S/c1-6-19-12(16)13(4,5)9-20(17,18)14-11(15)8-7-10(2)3/h10H,6-9H2,1-5H3,(H,14,15). The van der Waals surface area contributed by atoms with Crippen molar-refractivity contribution in [2.45, 2.75) is 47.5 Å². The molecule has 1 amide bonds. The molecule has 0 saturated heterocycles. The molecule has 0 aliphatic rings. The minimum absolute atomic E-state index is 0.150. The van der Waals surface area contributed by atoms with Crippen LogP contribution < -0.4 is 4.72 Å². The van der Waals surface area contributed by atoms with Crippen molar-refractivity contribution < 1.29 is 22.7 Å². The fraction of sp³-hybridized carbons (Fsp3) is 0.846. The van der Waals surface area contributed by atoms with E-state index in [1.807, 2.05) is 18.6 Å². The van der Waals surface area contributed by atoms with Gasteiger partial charge in [0.2, 0.25) is 15.9 Å². The van der Waals surface area contributed by atoms with E-state index in [9.17, 15) is 18.0 Å². The highest BCUT2D eigenvalue weighted by Crippen LogP contribution is 2.19. The average Bonchev–Trinajstić information content (AvgIpc) is 2.24. The van der Waals surface area contributed by atoms with E-state index in [4.69, 9.17) is 4.74 Å². The van der Waals surface area contributed by atoms with E-state index in [1.165, 1.54) is 13.8 Å². The Morgan fingerprint density at radius 3 is 2.25 bits per heavy atom. The molecule has 0 spiro atoms. The van der Waals surface area contributed by atoms with E-state index >= 15 is 0 Å². The Bertz CT molecular complexity index is 440. The minimum atomic E-state index is -3.85. The highest BCUT2D eigenvalue weighted by molar-refractivity contribution is 7.90. The van der Waals surface area contributed by atoms with Gasteiger partial charge in [-0.25, -0.2) is 8.42 Å². The first-order chi connectivity index (χ1) is 9.00. The SMILES string of the molecule is CCOC(=O)C(C)(C)CS(=O)(=O)NC(=O)CCC(C)C. The Hall–Kier alpha value is -1.11. The zero-order chi connectivity index (χ0) is 16.0. The van der Waals surface area contributed by atoms with Gasteiger partial charge < -0.3 is 4.74 Å². The zero-order valence-corrected chi connectivity index (χ0v) is 13.7. The van der Waals surface area contributed by atoms with Crippen LogP contribution in [0, 0.1) is 11.3 Å². The highest BCUT2D eigenvalue weighted by Gasteiger charge is 2.35. The van der Waals surface area contributed by atoms with Gasteiger partial charge in [0.1, 0.15) is 0 Å². The van der Waals surface area contributed by atoms with Crippen LogP contribution in [0.1, 0.15) is 47.5 Å². The molecule has 0 aliphatic carbocycles. The summed E-state index contributed by atoms with van der Waals surface area (Å²) in [6, 6.07) is 0. The average molecular weight is 307 g/mol. The Kier molecular flexibility index (Phi) is 7.19. The van der Waals surface area contributed by atoms with Gasteiger partial charge in [-0.1, -0.05) is 13.8 Å². The van der Waals surface area contributed by atoms with Crippen LogP contribution in [0.3, 0.4) is 0 Å². The normalized spacial score (nSPS) is 12.3. The van der Waals surface area contributed by atoms with Gasteiger partial charge in [-0.2, -0.15) is 0 Å². The molecule has 0 aromatic carbocycles. The van der Waals surface area contributed by atoms with Crippen molar-refractivity contribution in [1.82, 2.24) is 4.72 Å². The summed E-state index contributed by atoms with van der Waals surface area (Å²) in [6.45, 7) is 8.68. The quantitative estimate of drug-likeness (QED) is 0.686. The molecule has 6 nitrogen and oxygen atoms in total. The summed E-state index contributed by atoms with van der Waals surface area (Å²) in [6.07, 6.45) is 0.763. The van der Waals surface area contributed by atoms with Crippen molar-refractivity contribution in [1.29, 1.82) is 0 Å². The summed E-state index contributed by atoms with van der Waals surface area (Å²) in [7, 11) is -3.85. The molecule has 0 aliphatic heterocycles. The van der Waals surface area contributed by atoms with Crippen LogP contribution in [0.25, 0.3) is 0 Å². The molecule has 0 unspecified atom stereocenters. The molecule has 118 valence electrons. The molecule has 0 rings (SSSR count). The largest absolute Gasteiger partial charge is 0.466 e. The summed E-state index contributed by atoms with van der Waals surface area (Å²) in [5.41, 5.74) is -1.19. The number of hydrogen-bond acceptors (Lipinski definition) is 5. The van der Waals surface area contributed by atoms with Crippen LogP contribution in [-0.4, -0.2) is 32.7 Å². The second kappa shape index (κ2) is 7.61. The zero-order valence-electron chi connectivity index (χ0n) is 12.9. The van der Waals surface area contributed by atoms with Gasteiger partial charge in [-0.05, 0) is 33.1 Å². The first-order valence-electron chi connectivity index (χ1n) is 6.70. The van der Waals surface area contributed by atoms with Crippen molar-refractivity contribution >= 4 is 21.9 Å². The highest BCUT2D eigenvalue weighted by atomic mass is 32.2. The van der Waals surface area contributed by atoms with Crippen molar-refractivity contribution in [3.63, 3.8) is 0 Å². The van der Waals surface area contributed by atoms with Crippen molar-refractivity contribution in [2.24, 2.45) is 11.3 Å². The van der Waals surface area contributed by atoms with Crippen LogP contribution in [0.15, 0.2) is 0 Å². The van der Waals surface area contributed by atoms with Gasteiger partial charge in [-0.15, -0.1) is 0 Å². The molecule has 0 aromatic rings. The number of carbonyl (C=O) groups excluding carboxylic acids is 2. The van der Waals surface area contributed by atoms with Crippen LogP contribution in [0.2, 0.25) is 0 Å². The van der Waals surface area contributed by atoms with Crippen LogP contribution in [0.4, 0.5) is 0 Å². The minimum Gasteiger partial charge on any atom is -0.466 e. The number of rotatable bonds is 8. The number of sulfonamides is 1. The summed E-state index contributed by atoms with van der Waals surface area (Å²) in [5, 5.41) is 0. The van der Waals surface area contributed by atoms with Crippen molar-refractivity contribution in [3.8, 4) is 0 Å². The third-order valence-corrected chi connectivity index (χ3v) is 4.24. The molecule has 0 bridgehead atoms.